The molecular weight excluding hydrogens is 210 g/mol. The molecule has 2 aromatic rings. The van der Waals surface area contributed by atoms with Gasteiger partial charge in [0.15, 0.2) is 0 Å². The zero-order valence-corrected chi connectivity index (χ0v) is 9.16. The largest absolute Gasteiger partial charge is 0.459 e. The fraction of sp³-hybridized carbons (Fsp3) is 0.167. The van der Waals surface area contributed by atoms with Gasteiger partial charge in [0, 0.05) is 5.56 Å². The molecule has 0 bridgehead atoms. The predicted molar refractivity (Wildman–Crippen MR) is 61.8 cm³/mol. The van der Waals surface area contributed by atoms with Gasteiger partial charge in [0.2, 0.25) is 0 Å². The van der Waals surface area contributed by atoms with E-state index in [0.29, 0.717) is 5.02 Å². The minimum absolute atomic E-state index is 0.0961. The van der Waals surface area contributed by atoms with E-state index >= 15 is 0 Å². The topological polar surface area (TPSA) is 39.2 Å². The van der Waals surface area contributed by atoms with Crippen LogP contribution >= 0.6 is 11.6 Å². The molecular formula is C12H12ClNO. The van der Waals surface area contributed by atoms with Crippen LogP contribution in [0, 0.1) is 0 Å². The second kappa shape index (κ2) is 4.09. The Kier molecular flexibility index (Phi) is 2.80. The van der Waals surface area contributed by atoms with Gasteiger partial charge in [0.05, 0.1) is 11.1 Å². The molecule has 0 saturated heterocycles. The Bertz CT molecular complexity index is 462. The molecule has 0 saturated carbocycles. The first-order valence-electron chi connectivity index (χ1n) is 4.78. The van der Waals surface area contributed by atoms with Gasteiger partial charge < -0.3 is 10.2 Å². The van der Waals surface area contributed by atoms with E-state index in [1.54, 1.807) is 0 Å². The van der Waals surface area contributed by atoms with Crippen molar-refractivity contribution >= 4 is 11.6 Å². The molecule has 78 valence electrons. The maximum absolute atomic E-state index is 6.06. The first-order valence-corrected chi connectivity index (χ1v) is 5.16. The predicted octanol–water partition coefficient (Wildman–Crippen LogP) is 3.62. The third-order valence-corrected chi connectivity index (χ3v) is 2.54. The summed E-state index contributed by atoms with van der Waals surface area (Å²) < 4.78 is 5.60. The lowest BCUT2D eigenvalue weighted by Gasteiger charge is -2.01. The smallest absolute Gasteiger partial charge is 0.135 e. The van der Waals surface area contributed by atoms with Crippen molar-refractivity contribution in [3.8, 4) is 11.3 Å². The highest BCUT2D eigenvalue weighted by atomic mass is 35.5. The second-order valence-corrected chi connectivity index (χ2v) is 3.88. The average Bonchev–Trinajstić information content (AvgIpc) is 2.67. The molecule has 0 unspecified atom stereocenters. The van der Waals surface area contributed by atoms with E-state index in [4.69, 9.17) is 21.8 Å². The minimum atomic E-state index is -0.0961. The first kappa shape index (κ1) is 10.3. The highest BCUT2D eigenvalue weighted by molar-refractivity contribution is 6.33. The molecule has 0 aliphatic carbocycles. The average molecular weight is 222 g/mol. The molecule has 2 N–H and O–H groups in total. The maximum Gasteiger partial charge on any atom is 0.135 e. The number of benzene rings is 1. The lowest BCUT2D eigenvalue weighted by molar-refractivity contribution is 0.491. The normalized spacial score (nSPS) is 12.7. The Balaban J connectivity index is 2.42. The fourth-order valence-corrected chi connectivity index (χ4v) is 1.63. The molecule has 2 nitrogen and oxygen atoms in total. The Hall–Kier alpha value is -1.25. The van der Waals surface area contributed by atoms with Gasteiger partial charge in [-0.05, 0) is 31.2 Å². The molecule has 0 amide bonds. The lowest BCUT2D eigenvalue weighted by atomic mass is 10.2. The number of nitrogens with two attached hydrogens (primary N) is 1. The number of furan rings is 1. The summed E-state index contributed by atoms with van der Waals surface area (Å²) in [5, 5.41) is 0.683. The van der Waals surface area contributed by atoms with Crippen LogP contribution in [0.15, 0.2) is 40.8 Å². The van der Waals surface area contributed by atoms with Gasteiger partial charge in [-0.15, -0.1) is 0 Å². The van der Waals surface area contributed by atoms with Gasteiger partial charge >= 0.3 is 0 Å². The van der Waals surface area contributed by atoms with E-state index in [2.05, 4.69) is 0 Å². The monoisotopic (exact) mass is 221 g/mol. The van der Waals surface area contributed by atoms with Crippen molar-refractivity contribution < 1.29 is 4.42 Å². The Morgan fingerprint density at radius 3 is 2.53 bits per heavy atom. The standard InChI is InChI=1S/C12H12ClNO/c1-8(14)11-6-7-12(15-11)9-4-2-3-5-10(9)13/h2-8H,14H2,1H3/t8-/m0/s1. The van der Waals surface area contributed by atoms with Crippen LogP contribution in [0.2, 0.25) is 5.02 Å². The summed E-state index contributed by atoms with van der Waals surface area (Å²) in [6, 6.07) is 11.2. The number of rotatable bonds is 2. The van der Waals surface area contributed by atoms with Gasteiger partial charge in [0.1, 0.15) is 11.5 Å². The summed E-state index contributed by atoms with van der Waals surface area (Å²) in [4.78, 5) is 0. The quantitative estimate of drug-likeness (QED) is 0.841. The molecule has 3 heteroatoms. The maximum atomic E-state index is 6.06. The van der Waals surface area contributed by atoms with Gasteiger partial charge in [0.25, 0.3) is 0 Å². The van der Waals surface area contributed by atoms with Crippen LogP contribution in [0.4, 0.5) is 0 Å². The molecule has 1 aromatic heterocycles. The molecule has 0 aliphatic rings. The van der Waals surface area contributed by atoms with E-state index in [1.165, 1.54) is 0 Å². The summed E-state index contributed by atoms with van der Waals surface area (Å²) in [5.41, 5.74) is 6.61. The number of halogens is 1. The van der Waals surface area contributed by atoms with Crippen LogP contribution in [0.5, 0.6) is 0 Å². The summed E-state index contributed by atoms with van der Waals surface area (Å²) in [7, 11) is 0. The summed E-state index contributed by atoms with van der Waals surface area (Å²) >= 11 is 6.06. The van der Waals surface area contributed by atoms with Crippen molar-refractivity contribution in [2.45, 2.75) is 13.0 Å². The van der Waals surface area contributed by atoms with E-state index in [-0.39, 0.29) is 6.04 Å². The number of hydrogen-bond acceptors (Lipinski definition) is 2. The van der Waals surface area contributed by atoms with Crippen LogP contribution in [-0.4, -0.2) is 0 Å². The Morgan fingerprint density at radius 1 is 1.20 bits per heavy atom. The van der Waals surface area contributed by atoms with Crippen LogP contribution in [-0.2, 0) is 0 Å². The zero-order chi connectivity index (χ0) is 10.8. The van der Waals surface area contributed by atoms with Crippen molar-refractivity contribution in [1.82, 2.24) is 0 Å². The van der Waals surface area contributed by atoms with Crippen LogP contribution in [0.25, 0.3) is 11.3 Å². The first-order chi connectivity index (χ1) is 7.18. The van der Waals surface area contributed by atoms with Crippen molar-refractivity contribution in [2.24, 2.45) is 5.73 Å². The summed E-state index contributed by atoms with van der Waals surface area (Å²) in [6.45, 7) is 1.88. The van der Waals surface area contributed by atoms with E-state index < -0.39 is 0 Å². The van der Waals surface area contributed by atoms with Gasteiger partial charge in [-0.25, -0.2) is 0 Å². The molecule has 0 spiro atoms. The molecule has 1 heterocycles. The zero-order valence-electron chi connectivity index (χ0n) is 8.41. The van der Waals surface area contributed by atoms with E-state index in [9.17, 15) is 0 Å². The summed E-state index contributed by atoms with van der Waals surface area (Å²) in [6.07, 6.45) is 0. The molecule has 0 radical (unpaired) electrons. The van der Waals surface area contributed by atoms with Gasteiger partial charge in [-0.1, -0.05) is 23.7 Å². The Morgan fingerprint density at radius 2 is 1.93 bits per heavy atom. The van der Waals surface area contributed by atoms with Crippen LogP contribution < -0.4 is 5.73 Å². The molecule has 0 aliphatic heterocycles. The van der Waals surface area contributed by atoms with Crippen molar-refractivity contribution in [3.63, 3.8) is 0 Å². The Labute approximate surface area is 93.7 Å². The van der Waals surface area contributed by atoms with Crippen molar-refractivity contribution in [3.05, 3.63) is 47.2 Å². The lowest BCUT2D eigenvalue weighted by Crippen LogP contribution is -2.02. The molecule has 0 fully saturated rings. The van der Waals surface area contributed by atoms with Crippen LogP contribution in [0.3, 0.4) is 0 Å². The van der Waals surface area contributed by atoms with E-state index in [1.807, 2.05) is 43.3 Å². The van der Waals surface area contributed by atoms with Gasteiger partial charge in [-0.3, -0.25) is 0 Å². The molecule has 15 heavy (non-hydrogen) atoms. The summed E-state index contributed by atoms with van der Waals surface area (Å²) in [5.74, 6) is 1.53. The molecule has 1 atom stereocenters. The molecule has 1 aromatic carbocycles. The third kappa shape index (κ3) is 2.06. The SMILES string of the molecule is C[C@H](N)c1ccc(-c2ccccc2Cl)o1. The number of hydrogen-bond donors (Lipinski definition) is 1. The van der Waals surface area contributed by atoms with Gasteiger partial charge in [-0.2, -0.15) is 0 Å². The van der Waals surface area contributed by atoms with E-state index in [0.717, 1.165) is 17.1 Å². The highest BCUT2D eigenvalue weighted by Gasteiger charge is 2.09. The fourth-order valence-electron chi connectivity index (χ4n) is 1.40. The minimum Gasteiger partial charge on any atom is -0.459 e. The third-order valence-electron chi connectivity index (χ3n) is 2.21. The van der Waals surface area contributed by atoms with Crippen LogP contribution in [0.1, 0.15) is 18.7 Å². The molecule has 2 rings (SSSR count). The highest BCUT2D eigenvalue weighted by Crippen LogP contribution is 2.30. The second-order valence-electron chi connectivity index (χ2n) is 3.47. The van der Waals surface area contributed by atoms with Crippen molar-refractivity contribution in [2.75, 3.05) is 0 Å². The van der Waals surface area contributed by atoms with Crippen molar-refractivity contribution in [1.29, 1.82) is 0 Å².